The largest absolute Gasteiger partial charge is 0.314 e. The fraction of sp³-hybridized carbons (Fsp3) is 1.00. The molecule has 2 atom stereocenters. The van der Waals surface area contributed by atoms with Crippen molar-refractivity contribution >= 4 is 0 Å². The van der Waals surface area contributed by atoms with Crippen LogP contribution in [0.15, 0.2) is 0 Å². The van der Waals surface area contributed by atoms with Gasteiger partial charge in [-0.25, -0.2) is 0 Å². The molecule has 2 unspecified atom stereocenters. The van der Waals surface area contributed by atoms with Crippen molar-refractivity contribution in [3.05, 3.63) is 0 Å². The van der Waals surface area contributed by atoms with Gasteiger partial charge in [0.15, 0.2) is 0 Å². The number of hydrogen-bond acceptors (Lipinski definition) is 2. The second-order valence-electron chi connectivity index (χ2n) is 5.74. The van der Waals surface area contributed by atoms with Crippen LogP contribution in [0.3, 0.4) is 0 Å². The number of hydrogen-bond donors (Lipinski definition) is 1. The summed E-state index contributed by atoms with van der Waals surface area (Å²) in [5.41, 5.74) is 0. The van der Waals surface area contributed by atoms with E-state index in [0.717, 1.165) is 12.5 Å². The van der Waals surface area contributed by atoms with Crippen molar-refractivity contribution in [1.29, 1.82) is 0 Å². The lowest BCUT2D eigenvalue weighted by atomic mass is 9.98. The van der Waals surface area contributed by atoms with Crippen LogP contribution in [0.1, 0.15) is 60.3 Å². The van der Waals surface area contributed by atoms with Crippen molar-refractivity contribution < 1.29 is 0 Å². The van der Waals surface area contributed by atoms with Crippen LogP contribution < -0.4 is 5.32 Å². The summed E-state index contributed by atoms with van der Waals surface area (Å²) in [4.78, 5) is 2.41. The number of nitrogens with one attached hydrogen (secondary N) is 1. The normalized spacial score (nSPS) is 15.5. The second kappa shape index (κ2) is 9.90. The SMILES string of the molecule is CCC(C)CC(CC)NCCCN(C)C(C)C. The van der Waals surface area contributed by atoms with Crippen molar-refractivity contribution in [3.8, 4) is 0 Å². The van der Waals surface area contributed by atoms with E-state index in [0.29, 0.717) is 12.1 Å². The molecule has 0 radical (unpaired) electrons. The zero-order valence-corrected chi connectivity index (χ0v) is 12.9. The molecule has 0 heterocycles. The van der Waals surface area contributed by atoms with Gasteiger partial charge in [0.05, 0.1) is 0 Å². The maximum absolute atomic E-state index is 3.70. The summed E-state index contributed by atoms with van der Waals surface area (Å²) in [7, 11) is 2.21. The third-order valence-electron chi connectivity index (χ3n) is 3.88. The molecule has 0 aromatic carbocycles. The van der Waals surface area contributed by atoms with Crippen molar-refractivity contribution in [3.63, 3.8) is 0 Å². The molecule has 104 valence electrons. The van der Waals surface area contributed by atoms with E-state index in [9.17, 15) is 0 Å². The molecule has 0 aliphatic carbocycles. The Hall–Kier alpha value is -0.0800. The highest BCUT2D eigenvalue weighted by Crippen LogP contribution is 2.11. The fourth-order valence-corrected chi connectivity index (χ4v) is 1.94. The molecule has 0 saturated heterocycles. The van der Waals surface area contributed by atoms with Gasteiger partial charge in [0.2, 0.25) is 0 Å². The lowest BCUT2D eigenvalue weighted by Gasteiger charge is -2.23. The molecule has 0 rings (SSSR count). The van der Waals surface area contributed by atoms with Gasteiger partial charge >= 0.3 is 0 Å². The molecule has 0 amide bonds. The van der Waals surface area contributed by atoms with E-state index >= 15 is 0 Å². The van der Waals surface area contributed by atoms with Gasteiger partial charge in [0, 0.05) is 12.1 Å². The summed E-state index contributed by atoms with van der Waals surface area (Å²) < 4.78 is 0. The fourth-order valence-electron chi connectivity index (χ4n) is 1.94. The molecule has 0 bridgehead atoms. The predicted molar refractivity (Wildman–Crippen MR) is 78.5 cm³/mol. The number of rotatable bonds is 10. The minimum Gasteiger partial charge on any atom is -0.314 e. The predicted octanol–water partition coefficient (Wildman–Crippen LogP) is 3.52. The summed E-state index contributed by atoms with van der Waals surface area (Å²) in [6.07, 6.45) is 5.14. The molecule has 17 heavy (non-hydrogen) atoms. The maximum atomic E-state index is 3.70. The van der Waals surface area contributed by atoms with Crippen LogP contribution in [0.5, 0.6) is 0 Å². The Morgan fingerprint density at radius 3 is 2.18 bits per heavy atom. The Morgan fingerprint density at radius 2 is 1.71 bits per heavy atom. The molecular formula is C15H34N2. The summed E-state index contributed by atoms with van der Waals surface area (Å²) in [5, 5.41) is 3.70. The molecule has 0 fully saturated rings. The van der Waals surface area contributed by atoms with Gasteiger partial charge in [0.25, 0.3) is 0 Å². The zero-order valence-electron chi connectivity index (χ0n) is 12.9. The number of nitrogens with zero attached hydrogens (tertiary/aromatic N) is 1. The maximum Gasteiger partial charge on any atom is 0.00669 e. The van der Waals surface area contributed by atoms with Crippen LogP contribution in [-0.4, -0.2) is 37.1 Å². The summed E-state index contributed by atoms with van der Waals surface area (Å²) in [6.45, 7) is 13.8. The van der Waals surface area contributed by atoms with E-state index in [4.69, 9.17) is 0 Å². The van der Waals surface area contributed by atoms with Gasteiger partial charge in [-0.1, -0.05) is 27.2 Å². The van der Waals surface area contributed by atoms with Gasteiger partial charge in [-0.05, 0) is 59.2 Å². The second-order valence-corrected chi connectivity index (χ2v) is 5.74. The summed E-state index contributed by atoms with van der Waals surface area (Å²) in [6, 6.07) is 1.38. The van der Waals surface area contributed by atoms with E-state index in [1.165, 1.54) is 32.2 Å². The van der Waals surface area contributed by atoms with Gasteiger partial charge in [-0.3, -0.25) is 0 Å². The lowest BCUT2D eigenvalue weighted by Crippen LogP contribution is -2.34. The highest BCUT2D eigenvalue weighted by atomic mass is 15.1. The third kappa shape index (κ3) is 8.62. The Balaban J connectivity index is 3.63. The van der Waals surface area contributed by atoms with E-state index < -0.39 is 0 Å². The average Bonchev–Trinajstić information content (AvgIpc) is 2.31. The Kier molecular flexibility index (Phi) is 9.85. The highest BCUT2D eigenvalue weighted by molar-refractivity contribution is 4.68. The standard InChI is InChI=1S/C15H34N2/c1-7-14(5)12-15(8-2)16-10-9-11-17(6)13(3)4/h13-16H,7-12H2,1-6H3. The molecule has 0 aromatic heterocycles. The molecule has 2 nitrogen and oxygen atoms in total. The van der Waals surface area contributed by atoms with Crippen LogP contribution in [0, 0.1) is 5.92 Å². The van der Waals surface area contributed by atoms with Gasteiger partial charge in [-0.2, -0.15) is 0 Å². The Morgan fingerprint density at radius 1 is 1.06 bits per heavy atom. The lowest BCUT2D eigenvalue weighted by molar-refractivity contribution is 0.265. The van der Waals surface area contributed by atoms with Crippen LogP contribution in [-0.2, 0) is 0 Å². The highest BCUT2D eigenvalue weighted by Gasteiger charge is 2.09. The monoisotopic (exact) mass is 242 g/mol. The van der Waals surface area contributed by atoms with Crippen molar-refractivity contribution in [1.82, 2.24) is 10.2 Å². The smallest absolute Gasteiger partial charge is 0.00669 e. The van der Waals surface area contributed by atoms with Gasteiger partial charge in [-0.15, -0.1) is 0 Å². The van der Waals surface area contributed by atoms with E-state index in [1.807, 2.05) is 0 Å². The van der Waals surface area contributed by atoms with Gasteiger partial charge in [0.1, 0.15) is 0 Å². The average molecular weight is 242 g/mol. The van der Waals surface area contributed by atoms with Crippen LogP contribution >= 0.6 is 0 Å². The Labute approximate surface area is 109 Å². The first-order valence-electron chi connectivity index (χ1n) is 7.44. The first-order valence-corrected chi connectivity index (χ1v) is 7.44. The molecule has 0 aliphatic heterocycles. The summed E-state index contributed by atoms with van der Waals surface area (Å²) >= 11 is 0. The molecule has 0 aromatic rings. The molecule has 1 N–H and O–H groups in total. The Bertz CT molecular complexity index is 168. The molecule has 2 heteroatoms. The minimum atomic E-state index is 0.664. The van der Waals surface area contributed by atoms with Crippen molar-refractivity contribution in [2.75, 3.05) is 20.1 Å². The van der Waals surface area contributed by atoms with Crippen LogP contribution in [0.25, 0.3) is 0 Å². The van der Waals surface area contributed by atoms with Crippen molar-refractivity contribution in [2.24, 2.45) is 5.92 Å². The summed E-state index contributed by atoms with van der Waals surface area (Å²) in [5.74, 6) is 0.853. The van der Waals surface area contributed by atoms with E-state index in [-0.39, 0.29) is 0 Å². The molecule has 0 saturated carbocycles. The van der Waals surface area contributed by atoms with Crippen molar-refractivity contribution in [2.45, 2.75) is 72.4 Å². The molecule has 0 aliphatic rings. The minimum absolute atomic E-state index is 0.664. The zero-order chi connectivity index (χ0) is 13.3. The first-order chi connectivity index (χ1) is 8.01. The topological polar surface area (TPSA) is 15.3 Å². The van der Waals surface area contributed by atoms with E-state index in [1.54, 1.807) is 0 Å². The van der Waals surface area contributed by atoms with E-state index in [2.05, 4.69) is 51.9 Å². The van der Waals surface area contributed by atoms with Gasteiger partial charge < -0.3 is 10.2 Å². The van der Waals surface area contributed by atoms with Crippen LogP contribution in [0.4, 0.5) is 0 Å². The van der Waals surface area contributed by atoms with Crippen LogP contribution in [0.2, 0.25) is 0 Å². The first kappa shape index (κ1) is 16.9. The third-order valence-corrected chi connectivity index (χ3v) is 3.88. The molecule has 0 spiro atoms. The molecular weight excluding hydrogens is 208 g/mol. The quantitative estimate of drug-likeness (QED) is 0.590.